The first-order valence-electron chi connectivity index (χ1n) is 18.7. The van der Waals surface area contributed by atoms with Crippen LogP contribution < -0.4 is 10.9 Å². The van der Waals surface area contributed by atoms with Gasteiger partial charge in [-0.05, 0) is 0 Å². The number of hydrogen-bond donors (Lipinski definition) is 2. The summed E-state index contributed by atoms with van der Waals surface area (Å²) < 4.78 is 12.8. The van der Waals surface area contributed by atoms with E-state index in [2.05, 4.69) is 87.7 Å². The summed E-state index contributed by atoms with van der Waals surface area (Å²) in [5.74, 6) is 0.635. The number of unbranched alkanes of at least 4 members (excludes halogenated alkanes) is 11. The fourth-order valence-electron chi connectivity index (χ4n) is 6.86. The zero-order chi connectivity index (χ0) is 33.9. The third-order valence-electron chi connectivity index (χ3n) is 9.80. The summed E-state index contributed by atoms with van der Waals surface area (Å²) >= 11 is 11.5. The first-order chi connectivity index (χ1) is 23.5. The molecule has 1 aliphatic heterocycles. The van der Waals surface area contributed by atoms with Crippen LogP contribution in [0.25, 0.3) is 31.9 Å². The average Bonchev–Trinajstić information content (AvgIpc) is 3.88. The molecule has 0 fully saturated rings. The number of benzene rings is 1. The van der Waals surface area contributed by atoms with Gasteiger partial charge in [-0.1, -0.05) is 26.7 Å². The Morgan fingerprint density at radius 2 is 1.12 bits per heavy atom. The SMILES string of the molecule is CCCCCCCCc1cc(-c2c3c(c(-c4cc(CCCCCCCC)c(Br)s4)c4n[se]nc24)NN(CC(CC)CCCC)N3)sc1Br. The van der Waals surface area contributed by atoms with Gasteiger partial charge < -0.3 is 0 Å². The van der Waals surface area contributed by atoms with Crippen molar-refractivity contribution in [2.75, 3.05) is 17.4 Å². The molecule has 5 rings (SSSR count). The van der Waals surface area contributed by atoms with Gasteiger partial charge in [-0.3, -0.25) is 0 Å². The predicted octanol–water partition coefficient (Wildman–Crippen LogP) is 13.7. The molecule has 5 nitrogen and oxygen atoms in total. The Labute approximate surface area is 320 Å². The number of nitrogens with zero attached hydrogens (tertiary/aromatic N) is 3. The molecule has 0 aliphatic carbocycles. The molecule has 10 heteroatoms. The molecule has 3 aromatic heterocycles. The summed E-state index contributed by atoms with van der Waals surface area (Å²) in [4.78, 5) is 2.56. The van der Waals surface area contributed by atoms with Gasteiger partial charge in [-0.2, -0.15) is 0 Å². The van der Waals surface area contributed by atoms with Crippen LogP contribution in [0.15, 0.2) is 19.7 Å². The fourth-order valence-corrected chi connectivity index (χ4v) is 11.7. The van der Waals surface area contributed by atoms with Gasteiger partial charge >= 0.3 is 297 Å². The van der Waals surface area contributed by atoms with Gasteiger partial charge in [0.1, 0.15) is 0 Å². The Kier molecular flexibility index (Phi) is 15.8. The van der Waals surface area contributed by atoms with E-state index in [1.807, 2.05) is 22.7 Å². The van der Waals surface area contributed by atoms with Crippen LogP contribution in [0.4, 0.5) is 11.4 Å². The van der Waals surface area contributed by atoms with Crippen LogP contribution in [0.3, 0.4) is 0 Å². The van der Waals surface area contributed by atoms with E-state index in [0.717, 1.165) is 41.8 Å². The number of thiophene rings is 2. The Balaban J connectivity index is 1.48. The molecule has 1 unspecified atom stereocenters. The molecule has 4 aromatic rings. The number of hydrazine groups is 2. The predicted molar refractivity (Wildman–Crippen MR) is 220 cm³/mol. The quantitative estimate of drug-likeness (QED) is 0.0608. The van der Waals surface area contributed by atoms with Gasteiger partial charge in [0.25, 0.3) is 0 Å². The van der Waals surface area contributed by atoms with E-state index in [-0.39, 0.29) is 15.0 Å². The minimum absolute atomic E-state index is 0.139. The summed E-state index contributed by atoms with van der Waals surface area (Å²) in [6.07, 6.45) is 23.0. The van der Waals surface area contributed by atoms with Crippen LogP contribution in [0.2, 0.25) is 0 Å². The summed E-state index contributed by atoms with van der Waals surface area (Å²) in [7, 11) is 0. The maximum atomic E-state index is 5.13. The third-order valence-corrected chi connectivity index (χ3v) is 14.9. The molecule has 4 heterocycles. The van der Waals surface area contributed by atoms with Crippen LogP contribution >= 0.6 is 54.5 Å². The molecule has 1 aliphatic rings. The molecule has 2 N–H and O–H groups in total. The zero-order valence-corrected chi connectivity index (χ0v) is 36.0. The second kappa shape index (κ2) is 19.8. The fraction of sp³-hybridized carbons (Fsp3) is 0.632. The third kappa shape index (κ3) is 9.77. The van der Waals surface area contributed by atoms with Gasteiger partial charge in [0.2, 0.25) is 0 Å². The summed E-state index contributed by atoms with van der Waals surface area (Å²) in [5, 5.41) is 2.25. The van der Waals surface area contributed by atoms with Gasteiger partial charge in [0, 0.05) is 0 Å². The number of hydrogen-bond acceptors (Lipinski definition) is 7. The molecule has 0 radical (unpaired) electrons. The second-order valence-corrected chi connectivity index (χ2v) is 19.4. The van der Waals surface area contributed by atoms with Crippen molar-refractivity contribution in [3.63, 3.8) is 0 Å². The van der Waals surface area contributed by atoms with Crippen molar-refractivity contribution in [2.45, 2.75) is 143 Å². The molecule has 264 valence electrons. The Hall–Kier alpha value is -0.741. The van der Waals surface area contributed by atoms with E-state index in [4.69, 9.17) is 7.96 Å². The van der Waals surface area contributed by atoms with Crippen molar-refractivity contribution in [3.05, 3.63) is 30.8 Å². The molecule has 1 atom stereocenters. The maximum absolute atomic E-state index is 5.13. The molecule has 0 saturated heterocycles. The van der Waals surface area contributed by atoms with Gasteiger partial charge in [-0.15, -0.1) is 0 Å². The van der Waals surface area contributed by atoms with E-state index in [9.17, 15) is 0 Å². The van der Waals surface area contributed by atoms with Crippen LogP contribution in [0.5, 0.6) is 0 Å². The Morgan fingerprint density at radius 3 is 1.58 bits per heavy atom. The van der Waals surface area contributed by atoms with Crippen molar-refractivity contribution < 1.29 is 0 Å². The van der Waals surface area contributed by atoms with Crippen molar-refractivity contribution in [2.24, 2.45) is 5.92 Å². The number of rotatable bonds is 22. The van der Waals surface area contributed by atoms with Crippen LogP contribution in [-0.4, -0.2) is 34.6 Å². The van der Waals surface area contributed by atoms with Crippen LogP contribution in [0, 0.1) is 5.92 Å². The monoisotopic (exact) mass is 883 g/mol. The van der Waals surface area contributed by atoms with Crippen molar-refractivity contribution in [1.29, 1.82) is 0 Å². The number of fused-ring (bicyclic) bond motifs is 2. The summed E-state index contributed by atoms with van der Waals surface area (Å²) in [6, 6.07) is 4.86. The summed E-state index contributed by atoms with van der Waals surface area (Å²) in [5.41, 5.74) is 17.5. The van der Waals surface area contributed by atoms with E-state index >= 15 is 0 Å². The van der Waals surface area contributed by atoms with E-state index < -0.39 is 0 Å². The van der Waals surface area contributed by atoms with Crippen molar-refractivity contribution >= 4 is 91.9 Å². The van der Waals surface area contributed by atoms with Crippen molar-refractivity contribution in [3.8, 4) is 20.9 Å². The van der Waals surface area contributed by atoms with Crippen LogP contribution in [0.1, 0.15) is 142 Å². The first kappa shape index (κ1) is 38.5. The number of halogens is 2. The van der Waals surface area contributed by atoms with Crippen molar-refractivity contribution in [1.82, 2.24) is 13.1 Å². The van der Waals surface area contributed by atoms with E-state index in [1.54, 1.807) is 0 Å². The van der Waals surface area contributed by atoms with Crippen LogP contribution in [-0.2, 0) is 12.8 Å². The molecular weight excluding hydrogens is 829 g/mol. The Morgan fingerprint density at radius 1 is 0.667 bits per heavy atom. The normalized spacial score (nSPS) is 13.7. The average molecular weight is 885 g/mol. The van der Waals surface area contributed by atoms with Gasteiger partial charge in [-0.25, -0.2) is 0 Å². The summed E-state index contributed by atoms with van der Waals surface area (Å²) in [6.45, 7) is 10.2. The first-order valence-corrected chi connectivity index (χ1v) is 23.4. The van der Waals surface area contributed by atoms with Gasteiger partial charge in [0.05, 0.1) is 0 Å². The van der Waals surface area contributed by atoms with E-state index in [0.29, 0.717) is 5.92 Å². The van der Waals surface area contributed by atoms with Gasteiger partial charge in [0.15, 0.2) is 0 Å². The molecule has 0 saturated carbocycles. The molecule has 0 bridgehead atoms. The number of aryl methyl sites for hydroxylation is 2. The van der Waals surface area contributed by atoms with E-state index in [1.165, 1.54) is 142 Å². The molecular formula is C38H55Br2N5S2Se. The Bertz CT molecular complexity index is 1480. The minimum atomic E-state index is -0.139. The molecule has 0 amide bonds. The topological polar surface area (TPSA) is 53.1 Å². The number of nitrogens with one attached hydrogen (secondary N) is 2. The number of aromatic nitrogens is 2. The second-order valence-electron chi connectivity index (χ2n) is 13.6. The molecule has 1 aromatic carbocycles. The molecule has 0 spiro atoms. The zero-order valence-electron chi connectivity index (χ0n) is 29.5. The number of anilines is 2. The molecule has 48 heavy (non-hydrogen) atoms. The standard InChI is InChI=1S/C38H55Br2N5S2Se/c1-5-9-12-14-16-18-21-27-23-29(46-37(27)39)31-33-34(42-45(41-33)25-26(8-4)20-11-7-3)32(36-35(31)43-48-44-36)30-24-28(38(40)47-30)22-19-17-15-13-10-6-2/h23-24,26,41-42H,5-22,25H2,1-4H3.